The Balaban J connectivity index is 1.56. The number of carbonyl (C=O) groups is 1. The number of amides is 1. The van der Waals surface area contributed by atoms with E-state index in [1.165, 1.54) is 23.5 Å². The highest BCUT2D eigenvalue weighted by molar-refractivity contribution is 7.91. The summed E-state index contributed by atoms with van der Waals surface area (Å²) >= 11 is 1.26. The number of hydrogen-bond acceptors (Lipinski definition) is 6. The van der Waals surface area contributed by atoms with Gasteiger partial charge in [0.05, 0.1) is 22.9 Å². The molecular formula is C21H21FN2O4S2. The van der Waals surface area contributed by atoms with Gasteiger partial charge in [0.2, 0.25) is 5.91 Å². The highest BCUT2D eigenvalue weighted by Gasteiger charge is 2.17. The van der Waals surface area contributed by atoms with Crippen LogP contribution in [0.2, 0.25) is 0 Å². The molecule has 1 amide bonds. The van der Waals surface area contributed by atoms with E-state index in [1.54, 1.807) is 0 Å². The monoisotopic (exact) mass is 448 g/mol. The summed E-state index contributed by atoms with van der Waals surface area (Å²) in [5.74, 6) is -0.562. The Morgan fingerprint density at radius 2 is 1.83 bits per heavy atom. The molecule has 30 heavy (non-hydrogen) atoms. The van der Waals surface area contributed by atoms with Gasteiger partial charge in [-0.1, -0.05) is 6.92 Å². The summed E-state index contributed by atoms with van der Waals surface area (Å²) < 4.78 is 43.0. The van der Waals surface area contributed by atoms with Crippen LogP contribution in [0.4, 0.5) is 9.52 Å². The molecule has 6 nitrogen and oxygen atoms in total. The zero-order chi connectivity index (χ0) is 21.6. The van der Waals surface area contributed by atoms with Crippen molar-refractivity contribution in [1.29, 1.82) is 0 Å². The van der Waals surface area contributed by atoms with Gasteiger partial charge in [0, 0.05) is 17.4 Å². The van der Waals surface area contributed by atoms with E-state index in [1.807, 2.05) is 36.6 Å². The molecule has 0 radical (unpaired) electrons. The van der Waals surface area contributed by atoms with E-state index in [2.05, 4.69) is 10.3 Å². The molecule has 0 aliphatic carbocycles. The van der Waals surface area contributed by atoms with Gasteiger partial charge in [-0.2, -0.15) is 0 Å². The number of hydrogen-bond donors (Lipinski definition) is 1. The predicted molar refractivity (Wildman–Crippen MR) is 115 cm³/mol. The number of rotatable bonds is 9. The van der Waals surface area contributed by atoms with Gasteiger partial charge in [-0.3, -0.25) is 4.79 Å². The second-order valence-corrected chi connectivity index (χ2v) is 9.45. The lowest BCUT2D eigenvalue weighted by molar-refractivity contribution is -0.115. The number of sulfone groups is 1. The summed E-state index contributed by atoms with van der Waals surface area (Å²) in [5, 5.41) is 4.83. The number of nitrogens with one attached hydrogen (secondary N) is 1. The summed E-state index contributed by atoms with van der Waals surface area (Å²) in [4.78, 5) is 16.5. The third-order valence-corrected chi connectivity index (χ3v) is 6.63. The SMILES string of the molecule is CCCOc1ccc(-c2csc(NC(=O)CCS(=O)(=O)c3ccc(F)cc3)n2)cc1. The van der Waals surface area contributed by atoms with Crippen LogP contribution in [-0.2, 0) is 14.6 Å². The summed E-state index contributed by atoms with van der Waals surface area (Å²) in [6, 6.07) is 12.0. The highest BCUT2D eigenvalue weighted by atomic mass is 32.2. The van der Waals surface area contributed by atoms with Crippen molar-refractivity contribution in [3.63, 3.8) is 0 Å². The van der Waals surface area contributed by atoms with Gasteiger partial charge in [-0.25, -0.2) is 17.8 Å². The Kier molecular flexibility index (Phi) is 7.17. The van der Waals surface area contributed by atoms with Gasteiger partial charge < -0.3 is 10.1 Å². The van der Waals surface area contributed by atoms with Gasteiger partial charge in [0.15, 0.2) is 15.0 Å². The molecule has 3 rings (SSSR count). The van der Waals surface area contributed by atoms with E-state index in [0.29, 0.717) is 17.4 Å². The molecule has 0 fully saturated rings. The Morgan fingerprint density at radius 3 is 2.50 bits per heavy atom. The first-order valence-corrected chi connectivity index (χ1v) is 11.9. The predicted octanol–water partition coefficient (Wildman–Crippen LogP) is 4.54. The van der Waals surface area contributed by atoms with Crippen LogP contribution in [0, 0.1) is 5.82 Å². The van der Waals surface area contributed by atoms with Crippen LogP contribution in [0.15, 0.2) is 58.8 Å². The molecule has 0 spiro atoms. The molecule has 3 aromatic rings. The van der Waals surface area contributed by atoms with Crippen LogP contribution in [0.3, 0.4) is 0 Å². The maximum Gasteiger partial charge on any atom is 0.227 e. The number of nitrogens with zero attached hydrogens (tertiary/aromatic N) is 1. The minimum atomic E-state index is -3.67. The average Bonchev–Trinajstić information content (AvgIpc) is 3.20. The van der Waals surface area contributed by atoms with E-state index in [4.69, 9.17) is 4.74 Å². The largest absolute Gasteiger partial charge is 0.494 e. The van der Waals surface area contributed by atoms with Gasteiger partial charge in [0.25, 0.3) is 0 Å². The van der Waals surface area contributed by atoms with E-state index < -0.39 is 21.6 Å². The molecule has 0 unspecified atom stereocenters. The van der Waals surface area contributed by atoms with Crippen molar-refractivity contribution < 1.29 is 22.3 Å². The molecule has 2 aromatic carbocycles. The van der Waals surface area contributed by atoms with Gasteiger partial charge in [-0.15, -0.1) is 11.3 Å². The molecular weight excluding hydrogens is 427 g/mol. The van der Waals surface area contributed by atoms with Gasteiger partial charge in [0.1, 0.15) is 11.6 Å². The molecule has 0 saturated carbocycles. The molecule has 0 aliphatic heterocycles. The number of halogens is 1. The molecule has 1 heterocycles. The quantitative estimate of drug-likeness (QED) is 0.486. The second-order valence-electron chi connectivity index (χ2n) is 6.48. The molecule has 1 N–H and O–H groups in total. The summed E-state index contributed by atoms with van der Waals surface area (Å²) in [6.07, 6.45) is 0.709. The summed E-state index contributed by atoms with van der Waals surface area (Å²) in [7, 11) is -3.67. The van der Waals surface area contributed by atoms with Crippen LogP contribution in [0.1, 0.15) is 19.8 Å². The van der Waals surface area contributed by atoms with Crippen LogP contribution >= 0.6 is 11.3 Å². The van der Waals surface area contributed by atoms with E-state index in [0.717, 1.165) is 29.9 Å². The van der Waals surface area contributed by atoms with Crippen LogP contribution in [0.25, 0.3) is 11.3 Å². The first kappa shape index (κ1) is 21.9. The Morgan fingerprint density at radius 1 is 1.13 bits per heavy atom. The average molecular weight is 449 g/mol. The van der Waals surface area contributed by atoms with Crippen LogP contribution in [-0.4, -0.2) is 31.7 Å². The lowest BCUT2D eigenvalue weighted by Gasteiger charge is -2.05. The molecule has 0 bridgehead atoms. The fourth-order valence-corrected chi connectivity index (χ4v) is 4.55. The maximum absolute atomic E-state index is 13.0. The van der Waals surface area contributed by atoms with Crippen molar-refractivity contribution >= 4 is 32.2 Å². The molecule has 0 aliphatic rings. The minimum Gasteiger partial charge on any atom is -0.494 e. The Labute approximate surface area is 178 Å². The third kappa shape index (κ3) is 5.87. The van der Waals surface area contributed by atoms with Crippen molar-refractivity contribution in [2.75, 3.05) is 17.7 Å². The topological polar surface area (TPSA) is 85.4 Å². The summed E-state index contributed by atoms with van der Waals surface area (Å²) in [6.45, 7) is 2.70. The van der Waals surface area contributed by atoms with Crippen LogP contribution < -0.4 is 10.1 Å². The van der Waals surface area contributed by atoms with Crippen molar-refractivity contribution in [2.24, 2.45) is 0 Å². The third-order valence-electron chi connectivity index (χ3n) is 4.14. The lowest BCUT2D eigenvalue weighted by Crippen LogP contribution is -2.17. The van der Waals surface area contributed by atoms with E-state index >= 15 is 0 Å². The fourth-order valence-electron chi connectivity index (χ4n) is 2.57. The van der Waals surface area contributed by atoms with Crippen molar-refractivity contribution in [2.45, 2.75) is 24.7 Å². The molecule has 158 valence electrons. The van der Waals surface area contributed by atoms with Crippen LogP contribution in [0.5, 0.6) is 5.75 Å². The molecule has 0 saturated heterocycles. The Hall–Kier alpha value is -2.78. The van der Waals surface area contributed by atoms with Crippen molar-refractivity contribution in [3.05, 3.63) is 59.7 Å². The summed E-state index contributed by atoms with van der Waals surface area (Å²) in [5.41, 5.74) is 1.59. The molecule has 9 heteroatoms. The number of ether oxygens (including phenoxy) is 1. The number of thiazole rings is 1. The lowest BCUT2D eigenvalue weighted by atomic mass is 10.2. The number of anilines is 1. The zero-order valence-electron chi connectivity index (χ0n) is 16.3. The standard InChI is InChI=1S/C21H21FN2O4S2/c1-2-12-28-17-7-3-15(4-8-17)19-14-29-21(23-19)24-20(25)11-13-30(26,27)18-9-5-16(22)6-10-18/h3-10,14H,2,11-13H2,1H3,(H,23,24,25). The molecule has 1 aromatic heterocycles. The number of benzene rings is 2. The van der Waals surface area contributed by atoms with Gasteiger partial charge in [-0.05, 0) is 55.0 Å². The number of aromatic nitrogens is 1. The first-order valence-electron chi connectivity index (χ1n) is 9.34. The number of carbonyl (C=O) groups excluding carboxylic acids is 1. The zero-order valence-corrected chi connectivity index (χ0v) is 17.9. The van der Waals surface area contributed by atoms with Crippen molar-refractivity contribution in [3.8, 4) is 17.0 Å². The first-order chi connectivity index (χ1) is 14.4. The maximum atomic E-state index is 13.0. The smallest absolute Gasteiger partial charge is 0.227 e. The minimum absolute atomic E-state index is 0.0143. The Bertz CT molecular complexity index is 1090. The fraction of sp³-hybridized carbons (Fsp3) is 0.238. The van der Waals surface area contributed by atoms with Gasteiger partial charge >= 0.3 is 0 Å². The van der Waals surface area contributed by atoms with E-state index in [9.17, 15) is 17.6 Å². The second kappa shape index (κ2) is 9.82. The van der Waals surface area contributed by atoms with Crippen molar-refractivity contribution in [1.82, 2.24) is 4.98 Å². The van der Waals surface area contributed by atoms with E-state index in [-0.39, 0.29) is 17.1 Å². The normalized spacial score (nSPS) is 11.3. The highest BCUT2D eigenvalue weighted by Crippen LogP contribution is 2.26. The molecule has 0 atom stereocenters.